The van der Waals surface area contributed by atoms with E-state index in [-0.39, 0.29) is 23.5 Å². The van der Waals surface area contributed by atoms with Crippen LogP contribution in [0.15, 0.2) is 44.5 Å². The van der Waals surface area contributed by atoms with E-state index in [4.69, 9.17) is 9.15 Å². The molecule has 0 bridgehead atoms. The van der Waals surface area contributed by atoms with E-state index in [1.54, 1.807) is 19.2 Å². The average molecular weight is 340 g/mol. The van der Waals surface area contributed by atoms with E-state index < -0.39 is 11.6 Å². The fourth-order valence-electron chi connectivity index (χ4n) is 2.60. The molecule has 0 saturated heterocycles. The van der Waals surface area contributed by atoms with Gasteiger partial charge in [0.15, 0.2) is 0 Å². The smallest absolute Gasteiger partial charge is 0.342 e. The van der Waals surface area contributed by atoms with Gasteiger partial charge in [0.2, 0.25) is 0 Å². The number of esters is 1. The first-order valence-corrected chi connectivity index (χ1v) is 7.62. The van der Waals surface area contributed by atoms with Gasteiger partial charge in [-0.2, -0.15) is 0 Å². The minimum absolute atomic E-state index is 0.156. The summed E-state index contributed by atoms with van der Waals surface area (Å²) >= 11 is 0. The van der Waals surface area contributed by atoms with Gasteiger partial charge in [0.1, 0.15) is 23.6 Å². The zero-order chi connectivity index (χ0) is 18.1. The first-order valence-electron chi connectivity index (χ1n) is 7.62. The molecule has 25 heavy (non-hydrogen) atoms. The van der Waals surface area contributed by atoms with Gasteiger partial charge in [-0.3, -0.25) is 9.20 Å². The normalized spacial score (nSPS) is 10.8. The number of hydrogen-bond donors (Lipinski definition) is 0. The Balaban J connectivity index is 1.87. The third kappa shape index (κ3) is 3.35. The van der Waals surface area contributed by atoms with Gasteiger partial charge in [0, 0.05) is 18.3 Å². The number of aromatic nitrogens is 2. The fourth-order valence-corrected chi connectivity index (χ4v) is 2.60. The van der Waals surface area contributed by atoms with Crippen molar-refractivity contribution in [3.05, 3.63) is 79.4 Å². The van der Waals surface area contributed by atoms with Gasteiger partial charge in [-0.25, -0.2) is 14.6 Å². The lowest BCUT2D eigenvalue weighted by atomic mass is 10.1. The number of fused-ring (bicyclic) bond motifs is 1. The summed E-state index contributed by atoms with van der Waals surface area (Å²) in [5, 5.41) is 0. The number of pyridine rings is 1. The van der Waals surface area contributed by atoms with Crippen LogP contribution in [0.1, 0.15) is 32.9 Å². The second-order valence-electron chi connectivity index (χ2n) is 5.77. The monoisotopic (exact) mass is 340 g/mol. The van der Waals surface area contributed by atoms with Crippen LogP contribution in [0, 0.1) is 20.8 Å². The molecule has 0 aliphatic heterocycles. The van der Waals surface area contributed by atoms with Crippen LogP contribution >= 0.6 is 0 Å². The standard InChI is InChI=1S/C18H16N2O5/c1-10-4-5-20-14(6-10)19-13(8-15(20)21)9-24-18(23)17-11(2)7-16(22)25-12(17)3/h4-8H,9H2,1-3H3. The lowest BCUT2D eigenvalue weighted by Crippen LogP contribution is -2.17. The van der Waals surface area contributed by atoms with E-state index in [1.807, 2.05) is 13.0 Å². The molecule has 3 heterocycles. The van der Waals surface area contributed by atoms with Crippen molar-refractivity contribution < 1.29 is 13.9 Å². The second kappa shape index (κ2) is 6.35. The summed E-state index contributed by atoms with van der Waals surface area (Å²) in [7, 11) is 0. The van der Waals surface area contributed by atoms with Crippen LogP contribution in [0.25, 0.3) is 5.65 Å². The van der Waals surface area contributed by atoms with Crippen molar-refractivity contribution in [2.45, 2.75) is 27.4 Å². The highest BCUT2D eigenvalue weighted by Gasteiger charge is 2.17. The van der Waals surface area contributed by atoms with Crippen LogP contribution < -0.4 is 11.2 Å². The minimum atomic E-state index is -0.634. The largest absolute Gasteiger partial charge is 0.455 e. The molecule has 7 heteroatoms. The third-order valence-corrected chi connectivity index (χ3v) is 3.77. The number of carbonyl (C=O) groups excluding carboxylic acids is 1. The van der Waals surface area contributed by atoms with Crippen LogP contribution in [0.4, 0.5) is 0 Å². The lowest BCUT2D eigenvalue weighted by Gasteiger charge is -2.09. The molecule has 0 aliphatic rings. The Morgan fingerprint density at radius 1 is 1.20 bits per heavy atom. The highest BCUT2D eigenvalue weighted by molar-refractivity contribution is 5.91. The van der Waals surface area contributed by atoms with Crippen molar-refractivity contribution in [1.29, 1.82) is 0 Å². The second-order valence-corrected chi connectivity index (χ2v) is 5.77. The zero-order valence-corrected chi connectivity index (χ0v) is 14.0. The SMILES string of the molecule is Cc1ccn2c(=O)cc(COC(=O)c3c(C)cc(=O)oc3C)nc2c1. The number of rotatable bonds is 3. The molecule has 3 aromatic rings. The summed E-state index contributed by atoms with van der Waals surface area (Å²) in [5.74, 6) is -0.442. The molecule has 128 valence electrons. The molecule has 0 radical (unpaired) electrons. The van der Waals surface area contributed by atoms with Crippen LogP contribution in [-0.2, 0) is 11.3 Å². The van der Waals surface area contributed by atoms with E-state index in [0.29, 0.717) is 16.9 Å². The molecule has 0 aromatic carbocycles. The molecule has 0 saturated carbocycles. The lowest BCUT2D eigenvalue weighted by molar-refractivity contribution is 0.0462. The van der Waals surface area contributed by atoms with Crippen molar-refractivity contribution in [2.24, 2.45) is 0 Å². The topological polar surface area (TPSA) is 90.9 Å². The molecular formula is C18H16N2O5. The molecule has 3 rings (SSSR count). The number of aryl methyl sites for hydroxylation is 3. The minimum Gasteiger partial charge on any atom is -0.455 e. The number of carbonyl (C=O) groups is 1. The van der Waals surface area contributed by atoms with Crippen molar-refractivity contribution >= 4 is 11.6 Å². The van der Waals surface area contributed by atoms with E-state index in [2.05, 4.69) is 4.98 Å². The molecule has 3 aromatic heterocycles. The van der Waals surface area contributed by atoms with E-state index in [9.17, 15) is 14.4 Å². The number of ether oxygens (including phenoxy) is 1. The van der Waals surface area contributed by atoms with Crippen molar-refractivity contribution in [2.75, 3.05) is 0 Å². The highest BCUT2D eigenvalue weighted by atomic mass is 16.5. The van der Waals surface area contributed by atoms with Crippen molar-refractivity contribution in [3.63, 3.8) is 0 Å². The van der Waals surface area contributed by atoms with Gasteiger partial charge < -0.3 is 9.15 Å². The van der Waals surface area contributed by atoms with E-state index in [0.717, 1.165) is 5.56 Å². The molecular weight excluding hydrogens is 324 g/mol. The van der Waals surface area contributed by atoms with Crippen LogP contribution in [0.5, 0.6) is 0 Å². The Hall–Kier alpha value is -3.22. The Labute approximate surface area is 142 Å². The molecule has 0 aliphatic carbocycles. The van der Waals surface area contributed by atoms with Crippen molar-refractivity contribution in [1.82, 2.24) is 9.38 Å². The fraction of sp³-hybridized carbons (Fsp3) is 0.222. The van der Waals surface area contributed by atoms with Gasteiger partial charge in [0.05, 0.1) is 5.69 Å². The summed E-state index contributed by atoms with van der Waals surface area (Å²) in [6, 6.07) is 6.13. The van der Waals surface area contributed by atoms with Crippen LogP contribution in [0.2, 0.25) is 0 Å². The predicted molar refractivity (Wildman–Crippen MR) is 89.8 cm³/mol. The predicted octanol–water partition coefficient (Wildman–Crippen LogP) is 1.93. The summed E-state index contributed by atoms with van der Waals surface area (Å²) in [6.45, 7) is 4.89. The Bertz CT molecular complexity index is 1070. The maximum Gasteiger partial charge on any atom is 0.342 e. The van der Waals surface area contributed by atoms with E-state index in [1.165, 1.54) is 23.5 Å². The molecule has 0 N–H and O–H groups in total. The first-order chi connectivity index (χ1) is 11.8. The van der Waals surface area contributed by atoms with Crippen molar-refractivity contribution in [3.8, 4) is 0 Å². The maximum absolute atomic E-state index is 12.3. The Kier molecular flexibility index (Phi) is 4.22. The van der Waals surface area contributed by atoms with Gasteiger partial charge in [-0.1, -0.05) is 0 Å². The Morgan fingerprint density at radius 2 is 1.96 bits per heavy atom. The van der Waals surface area contributed by atoms with Gasteiger partial charge >= 0.3 is 11.6 Å². The number of hydrogen-bond acceptors (Lipinski definition) is 6. The first kappa shape index (κ1) is 16.6. The van der Waals surface area contributed by atoms with Gasteiger partial charge in [-0.05, 0) is 44.0 Å². The zero-order valence-electron chi connectivity index (χ0n) is 14.0. The highest BCUT2D eigenvalue weighted by Crippen LogP contribution is 2.13. The molecule has 0 spiro atoms. The van der Waals surface area contributed by atoms with Crippen LogP contribution in [-0.4, -0.2) is 15.4 Å². The van der Waals surface area contributed by atoms with Crippen LogP contribution in [0.3, 0.4) is 0 Å². The van der Waals surface area contributed by atoms with Gasteiger partial charge in [-0.15, -0.1) is 0 Å². The maximum atomic E-state index is 12.3. The van der Waals surface area contributed by atoms with E-state index >= 15 is 0 Å². The van der Waals surface area contributed by atoms with Gasteiger partial charge in [0.25, 0.3) is 5.56 Å². The molecule has 7 nitrogen and oxygen atoms in total. The molecule has 0 fully saturated rings. The summed E-state index contributed by atoms with van der Waals surface area (Å²) in [4.78, 5) is 40.0. The summed E-state index contributed by atoms with van der Waals surface area (Å²) in [6.07, 6.45) is 1.65. The third-order valence-electron chi connectivity index (χ3n) is 3.77. The number of nitrogens with zero attached hydrogens (tertiary/aromatic N) is 2. The Morgan fingerprint density at radius 3 is 2.68 bits per heavy atom. The molecule has 0 unspecified atom stereocenters. The summed E-state index contributed by atoms with van der Waals surface area (Å²) < 4.78 is 11.6. The summed E-state index contributed by atoms with van der Waals surface area (Å²) in [5.41, 5.74) is 1.69. The quantitative estimate of drug-likeness (QED) is 0.677. The molecule has 0 amide bonds. The molecule has 0 atom stereocenters. The average Bonchev–Trinajstić information content (AvgIpc) is 2.51.